The Morgan fingerprint density at radius 3 is 2.85 bits per heavy atom. The number of nitrogens with one attached hydrogen (secondary N) is 1. The average Bonchev–Trinajstić information content (AvgIpc) is 2.84. The number of hydrazine groups is 1. The predicted octanol–water partition coefficient (Wildman–Crippen LogP) is 5.51. The Labute approximate surface area is 155 Å². The van der Waals surface area contributed by atoms with Gasteiger partial charge < -0.3 is 4.74 Å². The van der Waals surface area contributed by atoms with Crippen molar-refractivity contribution in [2.45, 2.75) is 32.6 Å². The lowest BCUT2D eigenvalue weighted by molar-refractivity contribution is 0.121. The van der Waals surface area contributed by atoms with E-state index in [1.54, 1.807) is 11.1 Å². The van der Waals surface area contributed by atoms with E-state index in [0.717, 1.165) is 24.1 Å². The molecule has 0 aromatic heterocycles. The van der Waals surface area contributed by atoms with Gasteiger partial charge in [-0.05, 0) is 48.4 Å². The molecule has 1 aliphatic heterocycles. The first kappa shape index (κ1) is 18.1. The standard InChI is InChI=1S/C22H26N2O2/c1-4-13-26-22(25)24-12-11-17(5-2)20-10-9-19(15-21(20)23-24)18-8-6-7-16(3)14-18/h4,6-10,14-15,17,23H,1,5,11-13H2,2-3H3. The molecule has 1 aliphatic rings. The van der Waals surface area contributed by atoms with Crippen LogP contribution in [0, 0.1) is 6.92 Å². The minimum Gasteiger partial charge on any atom is -0.444 e. The van der Waals surface area contributed by atoms with Crippen molar-refractivity contribution in [3.8, 4) is 11.1 Å². The Morgan fingerprint density at radius 1 is 1.31 bits per heavy atom. The van der Waals surface area contributed by atoms with Crippen LogP contribution in [0.15, 0.2) is 55.1 Å². The van der Waals surface area contributed by atoms with E-state index in [1.165, 1.54) is 16.7 Å². The molecule has 0 bridgehead atoms. The Morgan fingerprint density at radius 2 is 2.12 bits per heavy atom. The van der Waals surface area contributed by atoms with Gasteiger partial charge in [0.2, 0.25) is 0 Å². The van der Waals surface area contributed by atoms with Gasteiger partial charge in [-0.15, -0.1) is 0 Å². The maximum Gasteiger partial charge on any atom is 0.428 e. The lowest BCUT2D eigenvalue weighted by Gasteiger charge is -2.22. The van der Waals surface area contributed by atoms with E-state index in [-0.39, 0.29) is 12.7 Å². The number of aryl methyl sites for hydroxylation is 1. The maximum absolute atomic E-state index is 12.3. The van der Waals surface area contributed by atoms with Crippen molar-refractivity contribution >= 4 is 11.8 Å². The Kier molecular flexibility index (Phi) is 5.61. The number of hydrogen-bond donors (Lipinski definition) is 1. The molecule has 1 heterocycles. The van der Waals surface area contributed by atoms with Crippen LogP contribution < -0.4 is 5.43 Å². The fourth-order valence-electron chi connectivity index (χ4n) is 3.42. The van der Waals surface area contributed by atoms with Crippen LogP contribution in [0.1, 0.15) is 36.8 Å². The quantitative estimate of drug-likeness (QED) is 0.739. The molecule has 2 aromatic rings. The number of anilines is 1. The largest absolute Gasteiger partial charge is 0.444 e. The highest BCUT2D eigenvalue weighted by Gasteiger charge is 2.25. The highest BCUT2D eigenvalue weighted by Crippen LogP contribution is 2.36. The van der Waals surface area contributed by atoms with Crippen molar-refractivity contribution in [3.05, 3.63) is 66.2 Å². The molecule has 0 fully saturated rings. The summed E-state index contributed by atoms with van der Waals surface area (Å²) in [4.78, 5) is 12.3. The van der Waals surface area contributed by atoms with Gasteiger partial charge in [0, 0.05) is 6.54 Å². The molecule has 0 spiro atoms. The zero-order valence-electron chi connectivity index (χ0n) is 15.5. The van der Waals surface area contributed by atoms with E-state index in [1.807, 2.05) is 0 Å². The molecule has 3 rings (SSSR count). The van der Waals surface area contributed by atoms with E-state index < -0.39 is 0 Å². The lowest BCUT2D eigenvalue weighted by atomic mass is 9.90. The summed E-state index contributed by atoms with van der Waals surface area (Å²) in [5, 5.41) is 1.57. The number of nitrogens with zero attached hydrogens (tertiary/aromatic N) is 1. The lowest BCUT2D eigenvalue weighted by Crippen LogP contribution is -2.36. The molecule has 1 amide bonds. The number of rotatable bonds is 4. The molecule has 26 heavy (non-hydrogen) atoms. The summed E-state index contributed by atoms with van der Waals surface area (Å²) in [6.45, 7) is 8.70. The third-order valence-corrected chi connectivity index (χ3v) is 4.84. The Balaban J connectivity index is 1.94. The number of carbonyl (C=O) groups is 1. The Hall–Kier alpha value is -2.75. The summed E-state index contributed by atoms with van der Waals surface area (Å²) < 4.78 is 5.21. The third kappa shape index (κ3) is 3.90. The Bertz CT molecular complexity index is 800. The third-order valence-electron chi connectivity index (χ3n) is 4.84. The fraction of sp³-hybridized carbons (Fsp3) is 0.318. The van der Waals surface area contributed by atoms with Crippen molar-refractivity contribution in [2.24, 2.45) is 0 Å². The van der Waals surface area contributed by atoms with Crippen LogP contribution in [0.2, 0.25) is 0 Å². The van der Waals surface area contributed by atoms with E-state index in [0.29, 0.717) is 12.5 Å². The van der Waals surface area contributed by atoms with Crippen molar-refractivity contribution < 1.29 is 9.53 Å². The molecule has 0 saturated carbocycles. The van der Waals surface area contributed by atoms with Crippen LogP contribution in [0.4, 0.5) is 10.5 Å². The number of amides is 1. The van der Waals surface area contributed by atoms with Gasteiger partial charge in [-0.25, -0.2) is 9.80 Å². The van der Waals surface area contributed by atoms with Gasteiger partial charge in [0.1, 0.15) is 6.61 Å². The van der Waals surface area contributed by atoms with Gasteiger partial charge in [0.05, 0.1) is 5.69 Å². The SMILES string of the molecule is C=CCOC(=O)N1CCC(CC)c2ccc(-c3cccc(C)c3)cc2N1. The van der Waals surface area contributed by atoms with Gasteiger partial charge in [0.15, 0.2) is 0 Å². The van der Waals surface area contributed by atoms with Gasteiger partial charge >= 0.3 is 6.09 Å². The summed E-state index contributed by atoms with van der Waals surface area (Å²) in [6, 6.07) is 14.9. The second-order valence-electron chi connectivity index (χ2n) is 6.69. The van der Waals surface area contributed by atoms with E-state index in [2.05, 4.69) is 68.3 Å². The minimum atomic E-state index is -0.367. The maximum atomic E-state index is 12.3. The van der Waals surface area contributed by atoms with Crippen LogP contribution in [0.5, 0.6) is 0 Å². The summed E-state index contributed by atoms with van der Waals surface area (Å²) >= 11 is 0. The predicted molar refractivity (Wildman–Crippen MR) is 106 cm³/mol. The van der Waals surface area contributed by atoms with Gasteiger partial charge in [-0.2, -0.15) is 0 Å². The molecular formula is C22H26N2O2. The van der Waals surface area contributed by atoms with Gasteiger partial charge in [-0.1, -0.05) is 61.5 Å². The molecule has 2 aromatic carbocycles. The fourth-order valence-corrected chi connectivity index (χ4v) is 3.42. The number of carbonyl (C=O) groups excluding carboxylic acids is 1. The first-order chi connectivity index (χ1) is 12.6. The highest BCUT2D eigenvalue weighted by molar-refractivity contribution is 5.74. The number of benzene rings is 2. The van der Waals surface area contributed by atoms with Crippen LogP contribution in [0.25, 0.3) is 11.1 Å². The van der Waals surface area contributed by atoms with Crippen molar-refractivity contribution in [1.82, 2.24) is 5.01 Å². The second-order valence-corrected chi connectivity index (χ2v) is 6.69. The molecular weight excluding hydrogens is 324 g/mol. The number of hydrogen-bond acceptors (Lipinski definition) is 3. The molecule has 1 N–H and O–H groups in total. The monoisotopic (exact) mass is 350 g/mol. The molecule has 1 atom stereocenters. The zero-order valence-corrected chi connectivity index (χ0v) is 15.5. The summed E-state index contributed by atoms with van der Waals surface area (Å²) in [7, 11) is 0. The van der Waals surface area contributed by atoms with Gasteiger partial charge in [-0.3, -0.25) is 5.43 Å². The van der Waals surface area contributed by atoms with Crippen LogP contribution in [0.3, 0.4) is 0 Å². The molecule has 0 aliphatic carbocycles. The van der Waals surface area contributed by atoms with E-state index in [4.69, 9.17) is 4.74 Å². The number of fused-ring (bicyclic) bond motifs is 1. The summed E-state index contributed by atoms with van der Waals surface area (Å²) in [5.41, 5.74) is 9.05. The second kappa shape index (κ2) is 8.09. The smallest absolute Gasteiger partial charge is 0.428 e. The van der Waals surface area contributed by atoms with Crippen LogP contribution in [-0.4, -0.2) is 24.3 Å². The van der Waals surface area contributed by atoms with Gasteiger partial charge in [0.25, 0.3) is 0 Å². The van der Waals surface area contributed by atoms with E-state index >= 15 is 0 Å². The number of ether oxygens (including phenoxy) is 1. The molecule has 0 saturated heterocycles. The normalized spacial score (nSPS) is 16.2. The molecule has 1 unspecified atom stereocenters. The summed E-state index contributed by atoms with van der Waals surface area (Å²) in [6.07, 6.45) is 3.15. The van der Waals surface area contributed by atoms with E-state index in [9.17, 15) is 4.79 Å². The molecule has 0 radical (unpaired) electrons. The van der Waals surface area contributed by atoms with Crippen molar-refractivity contribution in [2.75, 3.05) is 18.6 Å². The first-order valence-electron chi connectivity index (χ1n) is 9.15. The summed E-state index contributed by atoms with van der Waals surface area (Å²) in [5.74, 6) is 0.418. The average molecular weight is 350 g/mol. The van der Waals surface area contributed by atoms with Crippen molar-refractivity contribution in [3.63, 3.8) is 0 Å². The zero-order chi connectivity index (χ0) is 18.5. The molecule has 4 nitrogen and oxygen atoms in total. The topological polar surface area (TPSA) is 41.6 Å². The van der Waals surface area contributed by atoms with Crippen LogP contribution >= 0.6 is 0 Å². The molecule has 4 heteroatoms. The minimum absolute atomic E-state index is 0.213. The van der Waals surface area contributed by atoms with Crippen molar-refractivity contribution in [1.29, 1.82) is 0 Å². The highest BCUT2D eigenvalue weighted by atomic mass is 16.6. The molecule has 136 valence electrons. The first-order valence-corrected chi connectivity index (χ1v) is 9.15. The van der Waals surface area contributed by atoms with Crippen LogP contribution in [-0.2, 0) is 4.74 Å².